The van der Waals surface area contributed by atoms with Crippen LogP contribution in [-0.4, -0.2) is 24.8 Å². The number of carbonyl (C=O) groups is 1. The first-order valence-corrected chi connectivity index (χ1v) is 7.70. The van der Waals surface area contributed by atoms with Gasteiger partial charge in [-0.1, -0.05) is 28.9 Å². The smallest absolute Gasteiger partial charge is 0.161 e. The standard InChI is InChI=1S/C15H21BrO3/c1-3-5-13(17)10-12-6-7-14(15(11-12)18-2)19-9-4-8-16/h6-7,11H,3-5,8-10H2,1-2H3. The molecule has 106 valence electrons. The first-order valence-electron chi connectivity index (χ1n) is 6.58. The van der Waals surface area contributed by atoms with E-state index in [0.29, 0.717) is 25.2 Å². The molecule has 0 bridgehead atoms. The van der Waals surface area contributed by atoms with Gasteiger partial charge in [0.2, 0.25) is 0 Å². The predicted molar refractivity (Wildman–Crippen MR) is 80.5 cm³/mol. The Morgan fingerprint density at radius 2 is 2.11 bits per heavy atom. The lowest BCUT2D eigenvalue weighted by Crippen LogP contribution is -2.03. The minimum Gasteiger partial charge on any atom is -0.493 e. The normalized spacial score (nSPS) is 10.3. The molecule has 0 atom stereocenters. The third-order valence-electron chi connectivity index (χ3n) is 2.69. The van der Waals surface area contributed by atoms with E-state index < -0.39 is 0 Å². The number of halogens is 1. The molecule has 0 aliphatic heterocycles. The molecule has 19 heavy (non-hydrogen) atoms. The highest BCUT2D eigenvalue weighted by atomic mass is 79.9. The molecule has 0 spiro atoms. The molecule has 0 aromatic heterocycles. The lowest BCUT2D eigenvalue weighted by atomic mass is 10.1. The number of methoxy groups -OCH3 is 1. The third-order valence-corrected chi connectivity index (χ3v) is 3.25. The van der Waals surface area contributed by atoms with Gasteiger partial charge in [-0.05, 0) is 30.5 Å². The van der Waals surface area contributed by atoms with Gasteiger partial charge >= 0.3 is 0 Å². The number of hydrogen-bond donors (Lipinski definition) is 0. The summed E-state index contributed by atoms with van der Waals surface area (Å²) in [6.45, 7) is 2.66. The van der Waals surface area contributed by atoms with E-state index in [2.05, 4.69) is 15.9 Å². The summed E-state index contributed by atoms with van der Waals surface area (Å²) in [5.74, 6) is 1.68. The van der Waals surface area contributed by atoms with Crippen LogP contribution >= 0.6 is 15.9 Å². The quantitative estimate of drug-likeness (QED) is 0.511. The molecule has 0 saturated carbocycles. The molecule has 0 fully saturated rings. The molecule has 4 heteroatoms. The van der Waals surface area contributed by atoms with E-state index in [1.807, 2.05) is 25.1 Å². The third kappa shape index (κ3) is 5.64. The van der Waals surface area contributed by atoms with Crippen molar-refractivity contribution in [2.75, 3.05) is 19.0 Å². The summed E-state index contributed by atoms with van der Waals surface area (Å²) in [7, 11) is 1.62. The fourth-order valence-corrected chi connectivity index (χ4v) is 2.00. The highest BCUT2D eigenvalue weighted by Crippen LogP contribution is 2.28. The van der Waals surface area contributed by atoms with Gasteiger partial charge in [0.1, 0.15) is 5.78 Å². The Balaban J connectivity index is 2.69. The zero-order valence-electron chi connectivity index (χ0n) is 11.6. The highest BCUT2D eigenvalue weighted by Gasteiger charge is 2.08. The Morgan fingerprint density at radius 3 is 2.74 bits per heavy atom. The zero-order chi connectivity index (χ0) is 14.1. The van der Waals surface area contributed by atoms with Crippen molar-refractivity contribution >= 4 is 21.7 Å². The second-order valence-electron chi connectivity index (χ2n) is 4.34. The van der Waals surface area contributed by atoms with Crippen molar-refractivity contribution in [3.05, 3.63) is 23.8 Å². The van der Waals surface area contributed by atoms with Crippen molar-refractivity contribution in [2.45, 2.75) is 32.6 Å². The average Bonchev–Trinajstić information content (AvgIpc) is 2.40. The lowest BCUT2D eigenvalue weighted by molar-refractivity contribution is -0.118. The van der Waals surface area contributed by atoms with Gasteiger partial charge in [0.25, 0.3) is 0 Å². The highest BCUT2D eigenvalue weighted by molar-refractivity contribution is 9.09. The monoisotopic (exact) mass is 328 g/mol. The average molecular weight is 329 g/mol. The number of carbonyl (C=O) groups excluding carboxylic acids is 1. The molecule has 0 saturated heterocycles. The maximum atomic E-state index is 11.6. The van der Waals surface area contributed by atoms with E-state index in [1.54, 1.807) is 7.11 Å². The van der Waals surface area contributed by atoms with E-state index in [9.17, 15) is 4.79 Å². The summed E-state index contributed by atoms with van der Waals surface area (Å²) >= 11 is 3.36. The maximum Gasteiger partial charge on any atom is 0.161 e. The summed E-state index contributed by atoms with van der Waals surface area (Å²) in [6.07, 6.45) is 2.93. The Bertz CT molecular complexity index is 404. The molecule has 0 radical (unpaired) electrons. The van der Waals surface area contributed by atoms with E-state index in [0.717, 1.165) is 29.5 Å². The van der Waals surface area contributed by atoms with Gasteiger partial charge in [0, 0.05) is 18.2 Å². The Morgan fingerprint density at radius 1 is 1.32 bits per heavy atom. The second kappa shape index (κ2) is 8.97. The summed E-state index contributed by atoms with van der Waals surface area (Å²) in [4.78, 5) is 11.6. The molecule has 0 amide bonds. The van der Waals surface area contributed by atoms with Gasteiger partial charge in [-0.3, -0.25) is 4.79 Å². The molecule has 3 nitrogen and oxygen atoms in total. The van der Waals surface area contributed by atoms with Crippen LogP contribution in [0.25, 0.3) is 0 Å². The summed E-state index contributed by atoms with van der Waals surface area (Å²) < 4.78 is 10.9. The van der Waals surface area contributed by atoms with Crippen LogP contribution in [-0.2, 0) is 11.2 Å². The van der Waals surface area contributed by atoms with Gasteiger partial charge in [-0.25, -0.2) is 0 Å². The first kappa shape index (κ1) is 16.0. The van der Waals surface area contributed by atoms with Crippen molar-refractivity contribution in [3.8, 4) is 11.5 Å². The fraction of sp³-hybridized carbons (Fsp3) is 0.533. The van der Waals surface area contributed by atoms with Crippen LogP contribution in [0.4, 0.5) is 0 Å². The number of benzene rings is 1. The van der Waals surface area contributed by atoms with Crippen LogP contribution in [0.2, 0.25) is 0 Å². The number of Topliss-reactive ketones (excluding diaryl/α,β-unsaturated/α-hetero) is 1. The topological polar surface area (TPSA) is 35.5 Å². The Hall–Kier alpha value is -1.03. The number of hydrogen-bond acceptors (Lipinski definition) is 3. The van der Waals surface area contributed by atoms with Gasteiger partial charge in [-0.2, -0.15) is 0 Å². The first-order chi connectivity index (χ1) is 9.21. The minimum atomic E-state index is 0.262. The van der Waals surface area contributed by atoms with Crippen LogP contribution < -0.4 is 9.47 Å². The molecule has 0 N–H and O–H groups in total. The Labute approximate surface area is 123 Å². The maximum absolute atomic E-state index is 11.6. The van der Waals surface area contributed by atoms with Crippen LogP contribution in [0.15, 0.2) is 18.2 Å². The summed E-state index contributed by atoms with van der Waals surface area (Å²) in [6, 6.07) is 5.69. The number of ketones is 1. The zero-order valence-corrected chi connectivity index (χ0v) is 13.2. The van der Waals surface area contributed by atoms with Gasteiger partial charge in [0.15, 0.2) is 11.5 Å². The summed E-state index contributed by atoms with van der Waals surface area (Å²) in [5, 5.41) is 0.916. The van der Waals surface area contributed by atoms with Crippen LogP contribution in [0.5, 0.6) is 11.5 Å². The Kier molecular flexibility index (Phi) is 7.56. The van der Waals surface area contributed by atoms with Crippen molar-refractivity contribution < 1.29 is 14.3 Å². The molecule has 1 aromatic carbocycles. The van der Waals surface area contributed by atoms with Crippen molar-refractivity contribution in [2.24, 2.45) is 0 Å². The largest absolute Gasteiger partial charge is 0.493 e. The van der Waals surface area contributed by atoms with Crippen molar-refractivity contribution in [1.29, 1.82) is 0 Å². The number of alkyl halides is 1. The lowest BCUT2D eigenvalue weighted by Gasteiger charge is -2.11. The van der Waals surface area contributed by atoms with E-state index in [4.69, 9.17) is 9.47 Å². The molecular weight excluding hydrogens is 308 g/mol. The fourth-order valence-electron chi connectivity index (χ4n) is 1.77. The van der Waals surface area contributed by atoms with Crippen molar-refractivity contribution in [1.82, 2.24) is 0 Å². The van der Waals surface area contributed by atoms with Gasteiger partial charge < -0.3 is 9.47 Å². The predicted octanol–water partition coefficient (Wildman–Crippen LogP) is 3.77. The summed E-state index contributed by atoms with van der Waals surface area (Å²) in [5.41, 5.74) is 0.975. The van der Waals surface area contributed by atoms with E-state index in [-0.39, 0.29) is 5.78 Å². The SMILES string of the molecule is CCCC(=O)Cc1ccc(OCCCBr)c(OC)c1. The molecule has 0 unspecified atom stereocenters. The van der Waals surface area contributed by atoms with Crippen molar-refractivity contribution in [3.63, 3.8) is 0 Å². The number of rotatable bonds is 9. The minimum absolute atomic E-state index is 0.262. The van der Waals surface area contributed by atoms with E-state index in [1.165, 1.54) is 0 Å². The second-order valence-corrected chi connectivity index (χ2v) is 5.13. The van der Waals surface area contributed by atoms with E-state index >= 15 is 0 Å². The van der Waals surface area contributed by atoms with Crippen LogP contribution in [0, 0.1) is 0 Å². The molecule has 1 aromatic rings. The van der Waals surface area contributed by atoms with Crippen LogP contribution in [0.3, 0.4) is 0 Å². The molecular formula is C15H21BrO3. The molecule has 0 aliphatic carbocycles. The molecule has 1 rings (SSSR count). The van der Waals surface area contributed by atoms with Gasteiger partial charge in [0.05, 0.1) is 13.7 Å². The number of ether oxygens (including phenoxy) is 2. The van der Waals surface area contributed by atoms with Crippen LogP contribution in [0.1, 0.15) is 31.7 Å². The van der Waals surface area contributed by atoms with Gasteiger partial charge in [-0.15, -0.1) is 0 Å². The molecule has 0 heterocycles. The molecule has 0 aliphatic rings.